The van der Waals surface area contributed by atoms with Crippen LogP contribution in [-0.4, -0.2) is 5.30 Å². The summed E-state index contributed by atoms with van der Waals surface area (Å²) in [6.07, 6.45) is 0. The van der Waals surface area contributed by atoms with Crippen LogP contribution in [0.2, 0.25) is 0 Å². The van der Waals surface area contributed by atoms with E-state index in [1.807, 2.05) is 60.7 Å². The first-order valence-electron chi connectivity index (χ1n) is 5.59. The molecule has 3 aromatic rings. The lowest BCUT2D eigenvalue weighted by atomic mass is 10.2. The molecule has 0 saturated carbocycles. The van der Waals surface area contributed by atoms with E-state index in [4.69, 9.17) is 0 Å². The molecule has 0 bridgehead atoms. The van der Waals surface area contributed by atoms with Crippen molar-refractivity contribution in [2.45, 2.75) is 0 Å². The molecule has 1 atom stereocenters. The number of thiophene rings is 1. The number of carbonyl (C=O) groups excluding carboxylic acids is 1. The molecule has 0 aliphatic heterocycles. The maximum absolute atomic E-state index is 11.4. The van der Waals surface area contributed by atoms with Crippen molar-refractivity contribution in [3.63, 3.8) is 0 Å². The van der Waals surface area contributed by atoms with Gasteiger partial charge in [-0.1, -0.05) is 30.3 Å². The minimum Gasteiger partial charge on any atom is -0.500 e. The molecule has 3 rings (SSSR count). The highest BCUT2D eigenvalue weighted by Crippen LogP contribution is 2.42. The number of carboxylic acid groups (broad SMARTS) is 1. The van der Waals surface area contributed by atoms with E-state index >= 15 is 0 Å². The van der Waals surface area contributed by atoms with E-state index in [0.29, 0.717) is 0 Å². The largest absolute Gasteiger partial charge is 0.500 e. The van der Waals surface area contributed by atoms with Gasteiger partial charge in [-0.2, -0.15) is 0 Å². The van der Waals surface area contributed by atoms with Crippen LogP contribution in [0.3, 0.4) is 0 Å². The van der Waals surface area contributed by atoms with Crippen molar-refractivity contribution in [2.75, 3.05) is 0 Å². The number of fused-ring (bicyclic) bond motifs is 1. The third-order valence-electron chi connectivity index (χ3n) is 2.87. The Hall–Kier alpha value is -2.13. The summed E-state index contributed by atoms with van der Waals surface area (Å²) in [6, 6.07) is 19.1. The quantitative estimate of drug-likeness (QED) is 0.657. The van der Waals surface area contributed by atoms with Crippen molar-refractivity contribution < 1.29 is 9.90 Å². The van der Waals surface area contributed by atoms with E-state index in [1.54, 1.807) is 0 Å². The van der Waals surface area contributed by atoms with Crippen LogP contribution in [0.1, 0.15) is 0 Å². The van der Waals surface area contributed by atoms with Crippen LogP contribution in [0.25, 0.3) is 20.5 Å². The molecular weight excluding hydrogens is 244 g/mol. The van der Waals surface area contributed by atoms with Crippen LogP contribution in [0.15, 0.2) is 60.7 Å². The van der Waals surface area contributed by atoms with Gasteiger partial charge in [0.05, 0.1) is 0 Å². The molecule has 18 heavy (non-hydrogen) atoms. The lowest BCUT2D eigenvalue weighted by molar-refractivity contribution is -0.233. The maximum Gasteiger partial charge on any atom is 0.301 e. The van der Waals surface area contributed by atoms with Crippen molar-refractivity contribution in [1.82, 2.24) is 0 Å². The molecule has 1 heterocycles. The average Bonchev–Trinajstić information content (AvgIpc) is 2.79. The van der Waals surface area contributed by atoms with E-state index < -0.39 is 15.8 Å². The smallest absolute Gasteiger partial charge is 0.301 e. The molecule has 0 spiro atoms. The summed E-state index contributed by atoms with van der Waals surface area (Å²) in [6.45, 7) is 0. The van der Waals surface area contributed by atoms with Gasteiger partial charge in [0.15, 0.2) is 9.58 Å². The van der Waals surface area contributed by atoms with Crippen LogP contribution in [-0.2, 0) is 0 Å². The zero-order chi connectivity index (χ0) is 12.5. The summed E-state index contributed by atoms with van der Waals surface area (Å²) in [5, 5.41) is 11.4. The van der Waals surface area contributed by atoms with Gasteiger partial charge in [0.1, 0.15) is 0 Å². The number of hydrogen-bond acceptors (Lipinski definition) is 2. The van der Waals surface area contributed by atoms with Gasteiger partial charge in [0, 0.05) is 27.5 Å². The molecule has 0 aliphatic rings. The van der Waals surface area contributed by atoms with Gasteiger partial charge in [-0.3, -0.25) is 0 Å². The third-order valence-corrected chi connectivity index (χ3v) is 4.81. The van der Waals surface area contributed by atoms with E-state index in [-0.39, 0.29) is 0 Å². The van der Waals surface area contributed by atoms with Gasteiger partial charge in [-0.25, -0.2) is 0 Å². The van der Waals surface area contributed by atoms with Gasteiger partial charge < -0.3 is 9.90 Å². The summed E-state index contributed by atoms with van der Waals surface area (Å²) in [5.41, 5.74) is 0.946. The lowest BCUT2D eigenvalue weighted by Gasteiger charge is -1.96. The van der Waals surface area contributed by atoms with Gasteiger partial charge in [-0.05, 0) is 24.3 Å². The second-order valence-electron chi connectivity index (χ2n) is 3.97. The molecule has 3 heteroatoms. The van der Waals surface area contributed by atoms with E-state index in [9.17, 15) is 9.90 Å². The maximum atomic E-state index is 11.4. The highest BCUT2D eigenvalue weighted by atomic mass is 32.2. The zero-order valence-corrected chi connectivity index (χ0v) is 10.3. The Morgan fingerprint density at radius 2 is 1.61 bits per heavy atom. The van der Waals surface area contributed by atoms with Gasteiger partial charge in [0.2, 0.25) is 0 Å². The Morgan fingerprint density at radius 1 is 0.944 bits per heavy atom. The summed E-state index contributed by atoms with van der Waals surface area (Å²) in [7, 11) is -0.976. The Morgan fingerprint density at radius 3 is 2.33 bits per heavy atom. The second kappa shape index (κ2) is 4.27. The average molecular weight is 254 g/mol. The predicted molar refractivity (Wildman–Crippen MR) is 72.7 cm³/mol. The molecule has 2 aromatic carbocycles. The van der Waals surface area contributed by atoms with Crippen molar-refractivity contribution in [1.29, 1.82) is 0 Å². The highest BCUT2D eigenvalue weighted by Gasteiger charge is 2.23. The van der Waals surface area contributed by atoms with Gasteiger partial charge in [-0.15, -0.1) is 0 Å². The molecule has 0 fully saturated rings. The normalized spacial score (nSPS) is 11.7. The topological polar surface area (TPSA) is 40.1 Å². The summed E-state index contributed by atoms with van der Waals surface area (Å²) in [4.78, 5) is 12.2. The molecule has 0 N–H and O–H groups in total. The minimum absolute atomic E-state index is 0.830. The second-order valence-corrected chi connectivity index (χ2v) is 5.79. The monoisotopic (exact) mass is 254 g/mol. The summed E-state index contributed by atoms with van der Waals surface area (Å²) in [5.74, 6) is 0. The minimum atomic E-state index is -1.02. The standard InChI is InChI=1S/C15H10O2S/c16-15(17)18-13-9-5-4-8-12(13)10-14(18)11-6-2-1-3-7-11/h1-10H. The van der Waals surface area contributed by atoms with Crippen LogP contribution in [0.5, 0.6) is 0 Å². The number of carbonyl (C=O) groups is 1. The number of rotatable bonds is 2. The lowest BCUT2D eigenvalue weighted by Crippen LogP contribution is -2.16. The van der Waals surface area contributed by atoms with Crippen molar-refractivity contribution in [3.8, 4) is 10.4 Å². The van der Waals surface area contributed by atoms with Crippen molar-refractivity contribution >= 4 is 25.9 Å². The fourth-order valence-electron chi connectivity index (χ4n) is 2.09. The fourth-order valence-corrected chi connectivity index (χ4v) is 3.88. The first-order chi connectivity index (χ1) is 8.77. The van der Waals surface area contributed by atoms with Crippen LogP contribution < -0.4 is 5.11 Å². The van der Waals surface area contributed by atoms with Crippen LogP contribution in [0.4, 0.5) is 4.79 Å². The Bertz CT molecular complexity index is 714. The van der Waals surface area contributed by atoms with E-state index in [2.05, 4.69) is 0 Å². The Kier molecular flexibility index (Phi) is 2.61. The van der Waals surface area contributed by atoms with Crippen LogP contribution >= 0.6 is 10.5 Å². The Balaban J connectivity index is 2.36. The molecule has 0 saturated heterocycles. The van der Waals surface area contributed by atoms with Crippen molar-refractivity contribution in [2.24, 2.45) is 0 Å². The molecule has 2 nitrogen and oxygen atoms in total. The van der Waals surface area contributed by atoms with E-state index in [0.717, 1.165) is 20.5 Å². The molecule has 1 unspecified atom stereocenters. The Labute approximate surface area is 107 Å². The molecule has 88 valence electrons. The van der Waals surface area contributed by atoms with Gasteiger partial charge >= 0.3 is 5.30 Å². The first-order valence-corrected chi connectivity index (χ1v) is 6.81. The SMILES string of the molecule is O=C([O-])[s+]1c(-c2ccccc2)cc2ccccc21. The molecule has 1 aromatic heterocycles. The summed E-state index contributed by atoms with van der Waals surface area (Å²) >= 11 is 0. The zero-order valence-electron chi connectivity index (χ0n) is 9.50. The summed E-state index contributed by atoms with van der Waals surface area (Å²) < 4.78 is 0.844. The molecular formula is C15H10O2S. The highest BCUT2D eigenvalue weighted by molar-refractivity contribution is 7.57. The molecule has 0 amide bonds. The third kappa shape index (κ3) is 1.69. The molecule has 0 aliphatic carbocycles. The fraction of sp³-hybridized carbons (Fsp3) is 0. The number of benzene rings is 2. The van der Waals surface area contributed by atoms with Gasteiger partial charge in [0.25, 0.3) is 0 Å². The van der Waals surface area contributed by atoms with Crippen molar-refractivity contribution in [3.05, 3.63) is 60.7 Å². The molecule has 0 radical (unpaired) electrons. The van der Waals surface area contributed by atoms with Crippen LogP contribution in [0, 0.1) is 0 Å². The predicted octanol–water partition coefficient (Wildman–Crippen LogP) is 3.45. The first kappa shape index (κ1) is 11.0. The number of hydrogen-bond donors (Lipinski definition) is 0. The van der Waals surface area contributed by atoms with E-state index in [1.165, 1.54) is 0 Å².